The summed E-state index contributed by atoms with van der Waals surface area (Å²) in [5, 5.41) is 15.7. The van der Waals surface area contributed by atoms with Crippen LogP contribution in [0.15, 0.2) is 42.5 Å². The molecule has 0 bridgehead atoms. The van der Waals surface area contributed by atoms with E-state index >= 15 is 0 Å². The van der Waals surface area contributed by atoms with Crippen LogP contribution < -0.4 is 14.4 Å². The van der Waals surface area contributed by atoms with E-state index in [-0.39, 0.29) is 18.8 Å². The number of aromatic nitrogens is 3. The number of anilines is 1. The minimum absolute atomic E-state index is 0.0974. The second-order valence-electron chi connectivity index (χ2n) is 11.5. The number of fused-ring (bicyclic) bond motifs is 3. The van der Waals surface area contributed by atoms with Crippen LogP contribution in [0.2, 0.25) is 0 Å². The number of rotatable bonds is 6. The molecule has 1 N–H and O–H groups in total. The van der Waals surface area contributed by atoms with Gasteiger partial charge in [0.15, 0.2) is 11.5 Å². The maximum Gasteiger partial charge on any atom is 0.272 e. The van der Waals surface area contributed by atoms with Gasteiger partial charge in [-0.05, 0) is 92.1 Å². The van der Waals surface area contributed by atoms with Gasteiger partial charge in [0.25, 0.3) is 5.91 Å². The highest BCUT2D eigenvalue weighted by molar-refractivity contribution is 5.93. The van der Waals surface area contributed by atoms with Gasteiger partial charge in [-0.15, -0.1) is 0 Å². The van der Waals surface area contributed by atoms with E-state index in [2.05, 4.69) is 28.2 Å². The van der Waals surface area contributed by atoms with Gasteiger partial charge in [-0.2, -0.15) is 5.10 Å². The second kappa shape index (κ2) is 10.4. The van der Waals surface area contributed by atoms with E-state index in [0.29, 0.717) is 37.4 Å². The molecule has 9 heteroatoms. The van der Waals surface area contributed by atoms with E-state index in [1.165, 1.54) is 17.5 Å². The summed E-state index contributed by atoms with van der Waals surface area (Å²) in [6, 6.07) is 14.4. The van der Waals surface area contributed by atoms with Crippen molar-refractivity contribution in [1.82, 2.24) is 19.7 Å². The fourth-order valence-electron chi connectivity index (χ4n) is 6.39. The topological polar surface area (TPSA) is 93.0 Å². The monoisotopic (exact) mass is 553 g/mol. The molecule has 1 saturated heterocycles. The summed E-state index contributed by atoms with van der Waals surface area (Å²) < 4.78 is 12.8. The normalized spacial score (nSPS) is 16.4. The highest BCUT2D eigenvalue weighted by Crippen LogP contribution is 2.35. The van der Waals surface area contributed by atoms with Crippen LogP contribution in [0.1, 0.15) is 57.7 Å². The maximum atomic E-state index is 14.1. The first kappa shape index (κ1) is 25.8. The molecule has 1 fully saturated rings. The molecule has 3 aliphatic rings. The van der Waals surface area contributed by atoms with Gasteiger partial charge in [-0.25, -0.2) is 4.98 Å². The average Bonchev–Trinajstić information content (AvgIpc) is 3.70. The van der Waals surface area contributed by atoms with E-state index in [4.69, 9.17) is 14.5 Å². The van der Waals surface area contributed by atoms with E-state index in [9.17, 15) is 9.90 Å². The number of hydrogen-bond acceptors (Lipinski definition) is 7. The third-order valence-electron chi connectivity index (χ3n) is 8.53. The predicted octanol–water partition coefficient (Wildman–Crippen LogP) is 4.30. The Bertz CT molecular complexity index is 1640. The molecule has 7 rings (SSSR count). The van der Waals surface area contributed by atoms with Crippen LogP contribution in [0.4, 0.5) is 5.82 Å². The molecular formula is C32H35N5O4. The van der Waals surface area contributed by atoms with Crippen molar-refractivity contribution in [2.24, 2.45) is 7.05 Å². The standard InChI is InChI=1S/C32H35N5O4/c1-20-12-28(35(2)34-20)32(39)37(17-21-6-7-29-30(13-21)41-19-40-29)18-25-15-24-14-22-4-3-5-23(22)16-27(24)33-31(25)36-10-8-26(38)9-11-36/h6-7,12-16,26,38H,3-5,8-11,17-19H2,1-2H3. The zero-order chi connectivity index (χ0) is 28.1. The molecule has 0 atom stereocenters. The summed E-state index contributed by atoms with van der Waals surface area (Å²) in [6.45, 7) is 4.33. The predicted molar refractivity (Wildman–Crippen MR) is 155 cm³/mol. The molecular weight excluding hydrogens is 518 g/mol. The highest BCUT2D eigenvalue weighted by atomic mass is 16.7. The molecule has 41 heavy (non-hydrogen) atoms. The van der Waals surface area contributed by atoms with Gasteiger partial charge in [-0.3, -0.25) is 9.48 Å². The number of aliphatic hydroxyl groups excluding tert-OH is 1. The number of benzene rings is 2. The molecule has 2 aromatic heterocycles. The Hall–Kier alpha value is -4.11. The van der Waals surface area contributed by atoms with Gasteiger partial charge >= 0.3 is 0 Å². The zero-order valence-electron chi connectivity index (χ0n) is 23.6. The van der Waals surface area contributed by atoms with Crippen LogP contribution in [0.5, 0.6) is 11.5 Å². The minimum Gasteiger partial charge on any atom is -0.454 e. The van der Waals surface area contributed by atoms with Gasteiger partial charge in [-0.1, -0.05) is 6.07 Å². The number of hydrogen-bond donors (Lipinski definition) is 1. The average molecular weight is 554 g/mol. The molecule has 0 radical (unpaired) electrons. The summed E-state index contributed by atoms with van der Waals surface area (Å²) in [4.78, 5) is 23.5. The number of aliphatic hydroxyl groups is 1. The Morgan fingerprint density at radius 3 is 2.59 bits per heavy atom. The molecule has 4 heterocycles. The fourth-order valence-corrected chi connectivity index (χ4v) is 6.39. The molecule has 0 unspecified atom stereocenters. The number of carbonyl (C=O) groups excluding carboxylic acids is 1. The lowest BCUT2D eigenvalue weighted by Gasteiger charge is -2.33. The van der Waals surface area contributed by atoms with Crippen LogP contribution in [-0.4, -0.2) is 56.7 Å². The van der Waals surface area contributed by atoms with E-state index < -0.39 is 0 Å². The van der Waals surface area contributed by atoms with Gasteiger partial charge in [0.1, 0.15) is 11.5 Å². The molecule has 2 aliphatic heterocycles. The Balaban J connectivity index is 1.30. The number of amides is 1. The summed E-state index contributed by atoms with van der Waals surface area (Å²) >= 11 is 0. The van der Waals surface area contributed by atoms with Crippen molar-refractivity contribution < 1.29 is 19.4 Å². The molecule has 2 aromatic carbocycles. The SMILES string of the molecule is Cc1cc(C(=O)N(Cc2ccc3c(c2)OCO3)Cc2cc3cc4c(cc3nc2N2CCC(O)CC2)CCC4)n(C)n1. The van der Waals surface area contributed by atoms with E-state index in [1.54, 1.807) is 4.68 Å². The van der Waals surface area contributed by atoms with Crippen molar-refractivity contribution in [2.45, 2.75) is 58.2 Å². The van der Waals surface area contributed by atoms with E-state index in [1.807, 2.05) is 43.1 Å². The van der Waals surface area contributed by atoms with Gasteiger partial charge in [0.05, 0.1) is 23.9 Å². The van der Waals surface area contributed by atoms with E-state index in [0.717, 1.165) is 65.2 Å². The number of nitrogens with zero attached hydrogens (tertiary/aromatic N) is 5. The Morgan fingerprint density at radius 1 is 1.02 bits per heavy atom. The lowest BCUT2D eigenvalue weighted by atomic mass is 10.0. The van der Waals surface area contributed by atoms with Gasteiger partial charge in [0.2, 0.25) is 6.79 Å². The maximum absolute atomic E-state index is 14.1. The van der Waals surface area contributed by atoms with Gasteiger partial charge in [0, 0.05) is 37.6 Å². The molecule has 0 saturated carbocycles. The number of pyridine rings is 1. The summed E-state index contributed by atoms with van der Waals surface area (Å²) in [7, 11) is 1.81. The number of carbonyl (C=O) groups is 1. The van der Waals surface area contributed by atoms with Crippen LogP contribution in [0.25, 0.3) is 10.9 Å². The van der Waals surface area contributed by atoms with Crippen molar-refractivity contribution in [3.63, 3.8) is 0 Å². The smallest absolute Gasteiger partial charge is 0.272 e. The zero-order valence-corrected chi connectivity index (χ0v) is 23.6. The van der Waals surface area contributed by atoms with Crippen molar-refractivity contribution >= 4 is 22.6 Å². The van der Waals surface area contributed by atoms with Crippen LogP contribution in [-0.2, 0) is 33.0 Å². The molecule has 212 valence electrons. The first-order valence-electron chi connectivity index (χ1n) is 14.5. The second-order valence-corrected chi connectivity index (χ2v) is 11.5. The Labute approximate surface area is 239 Å². The van der Waals surface area contributed by atoms with Crippen molar-refractivity contribution in [2.75, 3.05) is 24.8 Å². The summed E-state index contributed by atoms with van der Waals surface area (Å²) in [6.07, 6.45) is 4.50. The van der Waals surface area contributed by atoms with Crippen molar-refractivity contribution in [3.8, 4) is 11.5 Å². The number of ether oxygens (including phenoxy) is 2. The third-order valence-corrected chi connectivity index (χ3v) is 8.53. The minimum atomic E-state index is -0.282. The number of piperidine rings is 1. The Morgan fingerprint density at radius 2 is 1.80 bits per heavy atom. The largest absolute Gasteiger partial charge is 0.454 e. The summed E-state index contributed by atoms with van der Waals surface area (Å²) in [5.41, 5.74) is 7.08. The third kappa shape index (κ3) is 4.99. The first-order valence-corrected chi connectivity index (χ1v) is 14.5. The lowest BCUT2D eigenvalue weighted by Crippen LogP contribution is -2.38. The number of aryl methyl sites for hydroxylation is 4. The molecule has 1 amide bonds. The fraction of sp³-hybridized carbons (Fsp3) is 0.406. The van der Waals surface area contributed by atoms with Crippen LogP contribution in [0, 0.1) is 6.92 Å². The van der Waals surface area contributed by atoms with Crippen molar-refractivity contribution in [3.05, 3.63) is 76.1 Å². The molecule has 4 aromatic rings. The van der Waals surface area contributed by atoms with Gasteiger partial charge < -0.3 is 24.4 Å². The lowest BCUT2D eigenvalue weighted by molar-refractivity contribution is 0.0718. The first-order chi connectivity index (χ1) is 19.9. The molecule has 1 aliphatic carbocycles. The quantitative estimate of drug-likeness (QED) is 0.381. The van der Waals surface area contributed by atoms with Crippen molar-refractivity contribution in [1.29, 1.82) is 0 Å². The summed E-state index contributed by atoms with van der Waals surface area (Å²) in [5.74, 6) is 2.21. The molecule has 0 spiro atoms. The van der Waals surface area contributed by atoms with Crippen LogP contribution >= 0.6 is 0 Å². The Kier molecular flexibility index (Phi) is 6.54. The van der Waals surface area contributed by atoms with Crippen LogP contribution in [0.3, 0.4) is 0 Å². The highest BCUT2D eigenvalue weighted by Gasteiger charge is 2.27. The molecule has 9 nitrogen and oxygen atoms in total.